The summed E-state index contributed by atoms with van der Waals surface area (Å²) in [4.78, 5) is 2.36. The first-order valence-electron chi connectivity index (χ1n) is 13.1. The summed E-state index contributed by atoms with van der Waals surface area (Å²) < 4.78 is 1.93. The Balaban J connectivity index is -0.000000171. The number of nitrogens with zero attached hydrogens (tertiary/aromatic N) is 6. The average molecular weight is 451 g/mol. The molecule has 32 heavy (non-hydrogen) atoms. The second kappa shape index (κ2) is 36.4. The molecule has 2 aliphatic rings. The number of hydrogen-bond donors (Lipinski definition) is 0. The quantitative estimate of drug-likeness (QED) is 0.171. The monoisotopic (exact) mass is 450 g/mol. The van der Waals surface area contributed by atoms with Gasteiger partial charge in [-0.2, -0.15) is 0 Å². The third-order valence-electron chi connectivity index (χ3n) is 4.17. The molecule has 0 unspecified atom stereocenters. The van der Waals surface area contributed by atoms with Crippen molar-refractivity contribution in [1.29, 1.82) is 0 Å². The first-order valence-corrected chi connectivity index (χ1v) is 13.1. The molecule has 0 fully saturated rings. The Morgan fingerprint density at radius 1 is 0.750 bits per heavy atom. The van der Waals surface area contributed by atoms with Crippen molar-refractivity contribution in [3.8, 4) is 11.8 Å². The molecule has 1 aromatic heterocycles. The summed E-state index contributed by atoms with van der Waals surface area (Å²) in [6.07, 6.45) is 15.3. The third kappa shape index (κ3) is 24.3. The van der Waals surface area contributed by atoms with Crippen molar-refractivity contribution in [2.45, 2.75) is 132 Å². The van der Waals surface area contributed by atoms with Crippen LogP contribution in [0.2, 0.25) is 0 Å². The number of rotatable bonds is 0. The standard InChI is InChI=1S/C9H15N3.C8H12.4C2H6.CH3N3/c1-12-9-7-5-3-2-4-6-8(9)10-11-12;1-2-4-6-8-7-5-3-1;4*1-2;1-3-4-2/h2-7H2,1H3;1-6H2;4*1-2H3;1H3. The SMILES string of the molecule is C1#CCCCCCC1.CC.CC.CC.CC.CN=[N+]=[N-].Cn1nnc2c1CCCCCC2. The van der Waals surface area contributed by atoms with Gasteiger partial charge in [0.05, 0.1) is 11.4 Å². The van der Waals surface area contributed by atoms with Gasteiger partial charge < -0.3 is 0 Å². The highest BCUT2D eigenvalue weighted by atomic mass is 15.4. The molecule has 6 nitrogen and oxygen atoms in total. The van der Waals surface area contributed by atoms with E-state index in [2.05, 4.69) is 32.2 Å². The normalized spacial score (nSPS) is 13.1. The zero-order valence-corrected chi connectivity index (χ0v) is 23.2. The fourth-order valence-electron chi connectivity index (χ4n) is 2.82. The Kier molecular flexibility index (Phi) is 42.4. The van der Waals surface area contributed by atoms with Crippen molar-refractivity contribution in [2.75, 3.05) is 7.05 Å². The van der Waals surface area contributed by atoms with E-state index in [-0.39, 0.29) is 0 Å². The van der Waals surface area contributed by atoms with Gasteiger partial charge in [0, 0.05) is 31.8 Å². The van der Waals surface area contributed by atoms with Gasteiger partial charge in [0.25, 0.3) is 0 Å². The average Bonchev–Trinajstić information content (AvgIpc) is 3.17. The molecule has 0 radical (unpaired) electrons. The van der Waals surface area contributed by atoms with Crippen LogP contribution in [0.25, 0.3) is 10.4 Å². The van der Waals surface area contributed by atoms with E-state index < -0.39 is 0 Å². The summed E-state index contributed by atoms with van der Waals surface area (Å²) in [6, 6.07) is 0. The lowest BCUT2D eigenvalue weighted by Crippen LogP contribution is -2.03. The maximum Gasteiger partial charge on any atom is 0.0859 e. The molecule has 0 saturated heterocycles. The van der Waals surface area contributed by atoms with Crippen LogP contribution in [0.3, 0.4) is 0 Å². The number of hydrogen-bond acceptors (Lipinski definition) is 3. The molecule has 0 atom stereocenters. The Morgan fingerprint density at radius 3 is 1.59 bits per heavy atom. The summed E-state index contributed by atoms with van der Waals surface area (Å²) in [7, 11) is 3.38. The topological polar surface area (TPSA) is 79.5 Å². The molecule has 0 bridgehead atoms. The first-order chi connectivity index (χ1) is 15.8. The van der Waals surface area contributed by atoms with Crippen molar-refractivity contribution in [3.63, 3.8) is 0 Å². The zero-order valence-electron chi connectivity index (χ0n) is 23.2. The van der Waals surface area contributed by atoms with Gasteiger partial charge in [-0.25, -0.2) is 0 Å². The highest BCUT2D eigenvalue weighted by molar-refractivity contribution is 5.10. The number of aryl methyl sites for hydroxylation is 2. The van der Waals surface area contributed by atoms with E-state index in [0.29, 0.717) is 0 Å². The van der Waals surface area contributed by atoms with Crippen molar-refractivity contribution in [3.05, 3.63) is 21.8 Å². The molecule has 0 spiro atoms. The molecule has 188 valence electrons. The molecule has 0 aliphatic heterocycles. The van der Waals surface area contributed by atoms with E-state index in [1.807, 2.05) is 67.1 Å². The van der Waals surface area contributed by atoms with Crippen LogP contribution in [0.15, 0.2) is 5.11 Å². The van der Waals surface area contributed by atoms with Gasteiger partial charge in [-0.05, 0) is 44.1 Å². The van der Waals surface area contributed by atoms with Crippen LogP contribution in [0.1, 0.15) is 131 Å². The van der Waals surface area contributed by atoms with Gasteiger partial charge in [0.1, 0.15) is 0 Å². The van der Waals surface area contributed by atoms with Crippen LogP contribution in [0.5, 0.6) is 0 Å². The Hall–Kier alpha value is -1.99. The van der Waals surface area contributed by atoms with E-state index in [1.165, 1.54) is 76.2 Å². The smallest absolute Gasteiger partial charge is 0.0859 e. The van der Waals surface area contributed by atoms with Gasteiger partial charge in [-0.1, -0.05) is 91.4 Å². The minimum Gasteiger partial charge on any atom is -0.252 e. The molecule has 1 aromatic rings. The minimum atomic E-state index is 1.13. The summed E-state index contributed by atoms with van der Waals surface area (Å²) in [5.41, 5.74) is 9.92. The highest BCUT2D eigenvalue weighted by Gasteiger charge is 2.11. The second-order valence-corrected chi connectivity index (χ2v) is 6.08. The molecule has 0 amide bonds. The summed E-state index contributed by atoms with van der Waals surface area (Å²) in [5, 5.41) is 11.1. The Morgan fingerprint density at radius 2 is 1.16 bits per heavy atom. The number of fused-ring (bicyclic) bond motifs is 1. The number of azide groups is 1. The van der Waals surface area contributed by atoms with Crippen LogP contribution >= 0.6 is 0 Å². The molecule has 2 aliphatic carbocycles. The molecular formula is C26H54N6. The summed E-state index contributed by atoms with van der Waals surface area (Å²) in [6.45, 7) is 16.0. The molecule has 1 heterocycles. The van der Waals surface area contributed by atoms with E-state index in [9.17, 15) is 0 Å². The fraction of sp³-hybridized carbons (Fsp3) is 0.846. The molecule has 6 heteroatoms. The lowest BCUT2D eigenvalue weighted by atomic mass is 10.0. The van der Waals surface area contributed by atoms with E-state index in [1.54, 1.807) is 0 Å². The van der Waals surface area contributed by atoms with Gasteiger partial charge in [0.15, 0.2) is 0 Å². The lowest BCUT2D eigenvalue weighted by Gasteiger charge is -2.08. The Bertz CT molecular complexity index is 551. The van der Waals surface area contributed by atoms with E-state index in [4.69, 9.17) is 5.53 Å². The van der Waals surface area contributed by atoms with Gasteiger partial charge in [0.2, 0.25) is 0 Å². The first kappa shape index (κ1) is 37.3. The molecule has 0 N–H and O–H groups in total. The largest absolute Gasteiger partial charge is 0.252 e. The molecule has 3 rings (SSSR count). The fourth-order valence-corrected chi connectivity index (χ4v) is 2.82. The van der Waals surface area contributed by atoms with Crippen molar-refractivity contribution < 1.29 is 0 Å². The van der Waals surface area contributed by atoms with Crippen molar-refractivity contribution in [1.82, 2.24) is 15.0 Å². The van der Waals surface area contributed by atoms with Crippen molar-refractivity contribution >= 4 is 0 Å². The van der Waals surface area contributed by atoms with Crippen LogP contribution in [-0.4, -0.2) is 22.0 Å². The molecule has 0 aromatic carbocycles. The lowest BCUT2D eigenvalue weighted by molar-refractivity contribution is 0.591. The maximum atomic E-state index is 7.33. The summed E-state index contributed by atoms with van der Waals surface area (Å²) >= 11 is 0. The maximum absolute atomic E-state index is 7.33. The molecular weight excluding hydrogens is 396 g/mol. The third-order valence-corrected chi connectivity index (χ3v) is 4.17. The zero-order chi connectivity index (χ0) is 25.5. The van der Waals surface area contributed by atoms with Crippen LogP contribution in [-0.2, 0) is 19.9 Å². The number of aromatic nitrogens is 3. The van der Waals surface area contributed by atoms with Crippen LogP contribution in [0.4, 0.5) is 0 Å². The minimum absolute atomic E-state index is 1.13. The van der Waals surface area contributed by atoms with Crippen LogP contribution in [0, 0.1) is 11.8 Å². The van der Waals surface area contributed by atoms with Crippen LogP contribution < -0.4 is 0 Å². The Labute approximate surface area is 200 Å². The van der Waals surface area contributed by atoms with E-state index in [0.717, 1.165) is 19.3 Å². The highest BCUT2D eigenvalue weighted by Crippen LogP contribution is 2.16. The van der Waals surface area contributed by atoms with Gasteiger partial charge in [-0.3, -0.25) is 4.68 Å². The van der Waals surface area contributed by atoms with Gasteiger partial charge in [-0.15, -0.1) is 16.9 Å². The summed E-state index contributed by atoms with van der Waals surface area (Å²) in [5.74, 6) is 6.27. The van der Waals surface area contributed by atoms with Crippen molar-refractivity contribution in [2.24, 2.45) is 12.2 Å². The van der Waals surface area contributed by atoms with E-state index >= 15 is 0 Å². The predicted octanol–water partition coefficient (Wildman–Crippen LogP) is 8.85. The molecule has 0 saturated carbocycles. The van der Waals surface area contributed by atoms with Gasteiger partial charge >= 0.3 is 0 Å². The second-order valence-electron chi connectivity index (χ2n) is 6.08. The predicted molar refractivity (Wildman–Crippen MR) is 143 cm³/mol.